The molecule has 5 rings (SSSR count). The molecule has 0 saturated carbocycles. The van der Waals surface area contributed by atoms with E-state index in [0.717, 1.165) is 30.6 Å². The van der Waals surface area contributed by atoms with E-state index in [0.29, 0.717) is 28.3 Å². The van der Waals surface area contributed by atoms with E-state index in [2.05, 4.69) is 16.7 Å². The van der Waals surface area contributed by atoms with Gasteiger partial charge in [-0.1, -0.05) is 42.0 Å². The molecule has 38 heavy (non-hydrogen) atoms. The lowest BCUT2D eigenvalue weighted by molar-refractivity contribution is 0.0693. The van der Waals surface area contributed by atoms with Crippen LogP contribution in [-0.4, -0.2) is 24.2 Å². The highest BCUT2D eigenvalue weighted by molar-refractivity contribution is 6.01. The molecule has 192 valence electrons. The van der Waals surface area contributed by atoms with Crippen LogP contribution in [0.4, 0.5) is 16.2 Å². The molecule has 1 aliphatic rings. The number of carbonyl (C=O) groups is 2. The summed E-state index contributed by atoms with van der Waals surface area (Å²) in [5.41, 5.74) is 6.11. The second-order valence-electron chi connectivity index (χ2n) is 9.23. The quantitative estimate of drug-likeness (QED) is 0.243. The number of fused-ring (bicyclic) bond motifs is 1. The summed E-state index contributed by atoms with van der Waals surface area (Å²) in [6.45, 7) is 1.98. The van der Waals surface area contributed by atoms with Gasteiger partial charge in [-0.05, 0) is 90.9 Å². The standard InChI is InChI=1S/C31H28N2O5/c1-19-9-13-23(14-10-19)32-31(36)33-26-18-22(21-11-15-27(37-2)25(17-21)30(34)35)12-16-29(26)38-28-8-4-6-20-5-3-7-24(20)28/h4,6,8-18H,3,5,7H2,1-2H3,(H,34,35)(H2,32,33,36). The number of methoxy groups -OCH3 is 1. The first kappa shape index (κ1) is 24.9. The number of rotatable bonds is 7. The molecule has 0 radical (unpaired) electrons. The summed E-state index contributed by atoms with van der Waals surface area (Å²) in [5, 5.41) is 15.4. The Morgan fingerprint density at radius 1 is 0.816 bits per heavy atom. The first-order valence-corrected chi connectivity index (χ1v) is 12.4. The second kappa shape index (κ2) is 10.7. The monoisotopic (exact) mass is 508 g/mol. The Bertz CT molecular complexity index is 1510. The molecule has 4 aromatic carbocycles. The number of nitrogens with one attached hydrogen (secondary N) is 2. The molecule has 1 aliphatic carbocycles. The molecule has 0 aliphatic heterocycles. The summed E-state index contributed by atoms with van der Waals surface area (Å²) in [6.07, 6.45) is 3.06. The van der Waals surface area contributed by atoms with E-state index in [1.807, 2.05) is 49.4 Å². The molecule has 0 heterocycles. The fourth-order valence-electron chi connectivity index (χ4n) is 4.67. The molecule has 0 spiro atoms. The summed E-state index contributed by atoms with van der Waals surface area (Å²) in [4.78, 5) is 24.7. The number of hydrogen-bond acceptors (Lipinski definition) is 4. The number of carboxylic acids is 1. The molecule has 7 nitrogen and oxygen atoms in total. The maximum Gasteiger partial charge on any atom is 0.339 e. The van der Waals surface area contributed by atoms with Crippen LogP contribution in [0.2, 0.25) is 0 Å². The van der Waals surface area contributed by atoms with Crippen molar-refractivity contribution in [2.45, 2.75) is 26.2 Å². The Morgan fingerprint density at radius 2 is 1.55 bits per heavy atom. The zero-order valence-electron chi connectivity index (χ0n) is 21.2. The van der Waals surface area contributed by atoms with Crippen LogP contribution >= 0.6 is 0 Å². The summed E-state index contributed by atoms with van der Waals surface area (Å²) >= 11 is 0. The van der Waals surface area contributed by atoms with Gasteiger partial charge in [0.1, 0.15) is 17.1 Å². The smallest absolute Gasteiger partial charge is 0.339 e. The lowest BCUT2D eigenvalue weighted by Crippen LogP contribution is -2.19. The maximum atomic E-state index is 13.0. The first-order valence-electron chi connectivity index (χ1n) is 12.4. The summed E-state index contributed by atoms with van der Waals surface area (Å²) in [7, 11) is 1.43. The number of hydrogen-bond donors (Lipinski definition) is 3. The zero-order chi connectivity index (χ0) is 26.6. The van der Waals surface area contributed by atoms with Gasteiger partial charge in [0, 0.05) is 5.69 Å². The van der Waals surface area contributed by atoms with Gasteiger partial charge in [-0.3, -0.25) is 0 Å². The fraction of sp³-hybridized carbons (Fsp3) is 0.161. The van der Waals surface area contributed by atoms with Crippen LogP contribution in [0.1, 0.15) is 33.5 Å². The molecule has 2 amide bonds. The van der Waals surface area contributed by atoms with Crippen molar-refractivity contribution in [1.82, 2.24) is 0 Å². The van der Waals surface area contributed by atoms with Crippen molar-refractivity contribution in [2.24, 2.45) is 0 Å². The predicted octanol–water partition coefficient (Wildman–Crippen LogP) is 7.29. The molecule has 0 atom stereocenters. The molecule has 0 aromatic heterocycles. The number of anilines is 2. The SMILES string of the molecule is COc1ccc(-c2ccc(Oc3cccc4c3CCC4)c(NC(=O)Nc3ccc(C)cc3)c2)cc1C(=O)O. The lowest BCUT2D eigenvalue weighted by Gasteiger charge is -2.17. The summed E-state index contributed by atoms with van der Waals surface area (Å²) in [5.74, 6) is 0.444. The highest BCUT2D eigenvalue weighted by Gasteiger charge is 2.19. The first-order chi connectivity index (χ1) is 18.4. The van der Waals surface area contributed by atoms with Gasteiger partial charge >= 0.3 is 12.0 Å². The van der Waals surface area contributed by atoms with Crippen LogP contribution in [0, 0.1) is 6.92 Å². The Labute approximate surface area is 221 Å². The van der Waals surface area contributed by atoms with Crippen LogP contribution < -0.4 is 20.1 Å². The van der Waals surface area contributed by atoms with Crippen LogP contribution in [-0.2, 0) is 12.8 Å². The summed E-state index contributed by atoms with van der Waals surface area (Å²) in [6, 6.07) is 23.5. The van der Waals surface area contributed by atoms with Gasteiger partial charge < -0.3 is 25.2 Å². The summed E-state index contributed by atoms with van der Waals surface area (Å²) < 4.78 is 11.5. The van der Waals surface area contributed by atoms with Gasteiger partial charge in [0.05, 0.1) is 12.8 Å². The zero-order valence-corrected chi connectivity index (χ0v) is 21.2. The third kappa shape index (κ3) is 5.32. The molecule has 3 N–H and O–H groups in total. The third-order valence-corrected chi connectivity index (χ3v) is 6.62. The van der Waals surface area contributed by atoms with E-state index >= 15 is 0 Å². The van der Waals surface area contributed by atoms with E-state index in [4.69, 9.17) is 9.47 Å². The second-order valence-corrected chi connectivity index (χ2v) is 9.23. The molecule has 0 fully saturated rings. The minimum atomic E-state index is -1.09. The number of carbonyl (C=O) groups excluding carboxylic acids is 1. The van der Waals surface area contributed by atoms with Crippen LogP contribution in [0.5, 0.6) is 17.2 Å². The number of carboxylic acid groups (broad SMARTS) is 1. The number of amides is 2. The van der Waals surface area contributed by atoms with Crippen LogP contribution in [0.15, 0.2) is 78.9 Å². The Kier molecular flexibility index (Phi) is 7.00. The van der Waals surface area contributed by atoms with Crippen molar-refractivity contribution in [1.29, 1.82) is 0 Å². The molecule has 4 aromatic rings. The fourth-order valence-corrected chi connectivity index (χ4v) is 4.67. The van der Waals surface area contributed by atoms with E-state index < -0.39 is 12.0 Å². The lowest BCUT2D eigenvalue weighted by atomic mass is 10.0. The Morgan fingerprint density at radius 3 is 2.29 bits per heavy atom. The van der Waals surface area contributed by atoms with Crippen LogP contribution in [0.3, 0.4) is 0 Å². The average molecular weight is 509 g/mol. The predicted molar refractivity (Wildman–Crippen MR) is 148 cm³/mol. The van der Waals surface area contributed by atoms with Crippen molar-refractivity contribution in [3.05, 3.63) is 101 Å². The van der Waals surface area contributed by atoms with Crippen LogP contribution in [0.25, 0.3) is 11.1 Å². The van der Waals surface area contributed by atoms with Crippen molar-refractivity contribution < 1.29 is 24.2 Å². The van der Waals surface area contributed by atoms with Crippen molar-refractivity contribution in [2.75, 3.05) is 17.7 Å². The Balaban J connectivity index is 1.50. The van der Waals surface area contributed by atoms with Crippen molar-refractivity contribution >= 4 is 23.4 Å². The largest absolute Gasteiger partial charge is 0.496 e. The molecule has 0 bridgehead atoms. The van der Waals surface area contributed by atoms with Gasteiger partial charge in [0.2, 0.25) is 0 Å². The normalized spacial score (nSPS) is 11.9. The topological polar surface area (TPSA) is 96.9 Å². The Hall–Kier alpha value is -4.78. The maximum absolute atomic E-state index is 13.0. The highest BCUT2D eigenvalue weighted by Crippen LogP contribution is 2.38. The van der Waals surface area contributed by atoms with E-state index in [-0.39, 0.29) is 11.3 Å². The van der Waals surface area contributed by atoms with Gasteiger partial charge in [-0.2, -0.15) is 0 Å². The molecule has 0 saturated heterocycles. The van der Waals surface area contributed by atoms with Gasteiger partial charge in [0.15, 0.2) is 5.75 Å². The third-order valence-electron chi connectivity index (χ3n) is 6.62. The molecule has 7 heteroatoms. The number of aryl methyl sites for hydroxylation is 2. The minimum absolute atomic E-state index is 0.0526. The van der Waals surface area contributed by atoms with Crippen molar-refractivity contribution in [3.8, 4) is 28.4 Å². The molecular formula is C31H28N2O5. The van der Waals surface area contributed by atoms with E-state index in [1.54, 1.807) is 30.3 Å². The highest BCUT2D eigenvalue weighted by atomic mass is 16.5. The average Bonchev–Trinajstić information content (AvgIpc) is 3.40. The molecular weight excluding hydrogens is 480 g/mol. The van der Waals surface area contributed by atoms with Gasteiger partial charge in [0.25, 0.3) is 0 Å². The minimum Gasteiger partial charge on any atom is -0.496 e. The number of aromatic carboxylic acids is 1. The molecule has 0 unspecified atom stereocenters. The number of benzene rings is 4. The van der Waals surface area contributed by atoms with E-state index in [1.165, 1.54) is 18.2 Å². The number of ether oxygens (including phenoxy) is 2. The van der Waals surface area contributed by atoms with Crippen molar-refractivity contribution in [3.63, 3.8) is 0 Å². The van der Waals surface area contributed by atoms with Gasteiger partial charge in [-0.25, -0.2) is 9.59 Å². The van der Waals surface area contributed by atoms with Gasteiger partial charge in [-0.15, -0.1) is 0 Å². The van der Waals surface area contributed by atoms with E-state index in [9.17, 15) is 14.7 Å². The number of urea groups is 1.